The van der Waals surface area contributed by atoms with Crippen LogP contribution in [0.1, 0.15) is 30.3 Å². The van der Waals surface area contributed by atoms with Crippen molar-refractivity contribution in [3.8, 4) is 5.75 Å². The fourth-order valence-corrected chi connectivity index (χ4v) is 4.34. The molecule has 0 fully saturated rings. The highest BCUT2D eigenvalue weighted by Gasteiger charge is 2.11. The predicted octanol–water partition coefficient (Wildman–Crippen LogP) is 6.32. The Morgan fingerprint density at radius 2 is 1.94 bits per heavy atom. The van der Waals surface area contributed by atoms with Crippen molar-refractivity contribution in [2.24, 2.45) is 5.10 Å². The maximum Gasteiger partial charge on any atom is 0.282 e. The third kappa shape index (κ3) is 5.67. The first-order valence-corrected chi connectivity index (χ1v) is 12.2. The molecule has 0 saturated heterocycles. The number of aryl methyl sites for hydroxylation is 1. The highest BCUT2D eigenvalue weighted by molar-refractivity contribution is 14.1. The standard InChI is InChI=1S/C25H20BrFIN3O2/c1-2-3-24-30-22-10-7-18(26)13-20(22)25(32)31(24)29-14-17-6-11-23(21(28)12-17)33-15-16-4-8-19(27)9-5-16/h4-14H,2-3,15H2,1H3. The average Bonchev–Trinajstić information content (AvgIpc) is 2.80. The van der Waals surface area contributed by atoms with Crippen LogP contribution in [0.15, 0.2) is 75.0 Å². The Balaban J connectivity index is 1.59. The Labute approximate surface area is 212 Å². The highest BCUT2D eigenvalue weighted by Crippen LogP contribution is 2.23. The Morgan fingerprint density at radius 3 is 2.67 bits per heavy atom. The Bertz CT molecular complexity index is 1390. The van der Waals surface area contributed by atoms with E-state index in [-0.39, 0.29) is 11.4 Å². The molecule has 0 saturated carbocycles. The summed E-state index contributed by atoms with van der Waals surface area (Å²) in [6.07, 6.45) is 3.15. The Morgan fingerprint density at radius 1 is 1.15 bits per heavy atom. The second-order valence-corrected chi connectivity index (χ2v) is 9.48. The van der Waals surface area contributed by atoms with E-state index in [9.17, 15) is 9.18 Å². The van der Waals surface area contributed by atoms with E-state index in [2.05, 4.69) is 48.6 Å². The van der Waals surface area contributed by atoms with Crippen LogP contribution in [0.25, 0.3) is 10.9 Å². The van der Waals surface area contributed by atoms with Gasteiger partial charge in [0.2, 0.25) is 0 Å². The number of benzene rings is 3. The molecule has 0 unspecified atom stereocenters. The van der Waals surface area contributed by atoms with Crippen molar-refractivity contribution in [2.75, 3.05) is 0 Å². The number of hydrogen-bond donors (Lipinski definition) is 0. The van der Waals surface area contributed by atoms with Gasteiger partial charge in [-0.25, -0.2) is 9.37 Å². The van der Waals surface area contributed by atoms with Crippen LogP contribution in [0, 0.1) is 9.39 Å². The van der Waals surface area contributed by atoms with Crippen molar-refractivity contribution in [3.05, 3.63) is 102 Å². The second kappa shape index (κ2) is 10.6. The van der Waals surface area contributed by atoms with E-state index >= 15 is 0 Å². The van der Waals surface area contributed by atoms with E-state index in [0.717, 1.165) is 31.3 Å². The predicted molar refractivity (Wildman–Crippen MR) is 141 cm³/mol. The number of ether oxygens (including phenoxy) is 1. The molecule has 1 aromatic heterocycles. The van der Waals surface area contributed by atoms with Gasteiger partial charge in [-0.05, 0) is 88.7 Å². The van der Waals surface area contributed by atoms with Crippen molar-refractivity contribution in [3.63, 3.8) is 0 Å². The topological polar surface area (TPSA) is 56.5 Å². The van der Waals surface area contributed by atoms with Gasteiger partial charge in [-0.15, -0.1) is 0 Å². The summed E-state index contributed by atoms with van der Waals surface area (Å²) in [5, 5.41) is 4.98. The van der Waals surface area contributed by atoms with Crippen molar-refractivity contribution in [1.29, 1.82) is 0 Å². The zero-order chi connectivity index (χ0) is 23.4. The minimum atomic E-state index is -0.271. The van der Waals surface area contributed by atoms with Crippen LogP contribution in [0.4, 0.5) is 4.39 Å². The maximum absolute atomic E-state index is 13.1. The summed E-state index contributed by atoms with van der Waals surface area (Å²) in [7, 11) is 0. The summed E-state index contributed by atoms with van der Waals surface area (Å²) < 4.78 is 22.0. The molecule has 0 aliphatic heterocycles. The van der Waals surface area contributed by atoms with Crippen molar-refractivity contribution in [1.82, 2.24) is 9.66 Å². The number of fused-ring (bicyclic) bond motifs is 1. The normalized spacial score (nSPS) is 11.4. The van der Waals surface area contributed by atoms with E-state index in [1.807, 2.05) is 37.3 Å². The van der Waals surface area contributed by atoms with Gasteiger partial charge in [-0.1, -0.05) is 35.0 Å². The summed E-state index contributed by atoms with van der Waals surface area (Å²) in [6, 6.07) is 17.4. The average molecular weight is 620 g/mol. The van der Waals surface area contributed by atoms with Crippen molar-refractivity contribution < 1.29 is 9.13 Å². The molecule has 5 nitrogen and oxygen atoms in total. The van der Waals surface area contributed by atoms with Crippen LogP contribution in [-0.4, -0.2) is 15.9 Å². The van der Waals surface area contributed by atoms with E-state index in [4.69, 9.17) is 4.74 Å². The summed E-state index contributed by atoms with van der Waals surface area (Å²) in [4.78, 5) is 17.8. The van der Waals surface area contributed by atoms with Gasteiger partial charge in [0.05, 0.1) is 20.7 Å². The van der Waals surface area contributed by atoms with Crippen molar-refractivity contribution >= 4 is 55.6 Å². The molecule has 0 N–H and O–H groups in total. The van der Waals surface area contributed by atoms with Crippen LogP contribution in [0.5, 0.6) is 5.75 Å². The third-order valence-corrected chi connectivity index (χ3v) is 6.27. The fourth-order valence-electron chi connectivity index (χ4n) is 3.28. The Hall–Kier alpha value is -2.59. The molecule has 168 valence electrons. The number of rotatable bonds is 7. The van der Waals surface area contributed by atoms with Crippen LogP contribution in [0.3, 0.4) is 0 Å². The first-order valence-electron chi connectivity index (χ1n) is 10.4. The van der Waals surface area contributed by atoms with Gasteiger partial charge >= 0.3 is 0 Å². The number of hydrogen-bond acceptors (Lipinski definition) is 4. The molecule has 0 spiro atoms. The molecule has 0 amide bonds. The molecule has 4 rings (SSSR count). The molecular weight excluding hydrogens is 600 g/mol. The van der Waals surface area contributed by atoms with Gasteiger partial charge < -0.3 is 4.74 Å². The zero-order valence-electron chi connectivity index (χ0n) is 17.8. The second-order valence-electron chi connectivity index (χ2n) is 7.41. The van der Waals surface area contributed by atoms with Crippen LogP contribution in [-0.2, 0) is 13.0 Å². The lowest BCUT2D eigenvalue weighted by atomic mass is 10.2. The van der Waals surface area contributed by atoms with E-state index in [1.165, 1.54) is 16.8 Å². The number of halogens is 3. The molecule has 0 atom stereocenters. The molecule has 0 aliphatic rings. The molecule has 0 bridgehead atoms. The molecule has 1 heterocycles. The first kappa shape index (κ1) is 23.6. The van der Waals surface area contributed by atoms with Gasteiger partial charge in [0.15, 0.2) is 0 Å². The van der Waals surface area contributed by atoms with Crippen LogP contribution >= 0.6 is 38.5 Å². The van der Waals surface area contributed by atoms with E-state index in [0.29, 0.717) is 29.8 Å². The van der Waals surface area contributed by atoms with Crippen molar-refractivity contribution in [2.45, 2.75) is 26.4 Å². The van der Waals surface area contributed by atoms with Gasteiger partial charge in [0, 0.05) is 10.9 Å². The van der Waals surface area contributed by atoms with Gasteiger partial charge in [0.25, 0.3) is 5.56 Å². The van der Waals surface area contributed by atoms with Crippen LogP contribution in [0.2, 0.25) is 0 Å². The molecule has 4 aromatic rings. The third-order valence-electron chi connectivity index (χ3n) is 4.93. The minimum absolute atomic E-state index is 0.199. The largest absolute Gasteiger partial charge is 0.488 e. The summed E-state index contributed by atoms with van der Waals surface area (Å²) >= 11 is 5.62. The van der Waals surface area contributed by atoms with Gasteiger partial charge in [0.1, 0.15) is 24.0 Å². The zero-order valence-corrected chi connectivity index (χ0v) is 21.5. The van der Waals surface area contributed by atoms with Crippen LogP contribution < -0.4 is 10.3 Å². The molecule has 33 heavy (non-hydrogen) atoms. The monoisotopic (exact) mass is 619 g/mol. The quantitative estimate of drug-likeness (QED) is 0.180. The van der Waals surface area contributed by atoms with E-state index in [1.54, 1.807) is 24.4 Å². The lowest BCUT2D eigenvalue weighted by Gasteiger charge is -2.10. The number of nitrogens with zero attached hydrogens (tertiary/aromatic N) is 3. The summed E-state index contributed by atoms with van der Waals surface area (Å²) in [5.41, 5.74) is 2.18. The van der Waals surface area contributed by atoms with Gasteiger partial charge in [-0.2, -0.15) is 9.78 Å². The molecule has 3 aromatic carbocycles. The summed E-state index contributed by atoms with van der Waals surface area (Å²) in [6.45, 7) is 2.39. The first-order chi connectivity index (χ1) is 15.9. The fraction of sp³-hybridized carbons (Fsp3) is 0.160. The van der Waals surface area contributed by atoms with Gasteiger partial charge in [-0.3, -0.25) is 4.79 Å². The smallest absolute Gasteiger partial charge is 0.282 e. The highest BCUT2D eigenvalue weighted by atomic mass is 127. The molecular formula is C25H20BrFIN3O2. The lowest BCUT2D eigenvalue weighted by molar-refractivity contribution is 0.304. The minimum Gasteiger partial charge on any atom is -0.488 e. The number of aromatic nitrogens is 2. The van der Waals surface area contributed by atoms with E-state index < -0.39 is 0 Å². The SMILES string of the molecule is CCCc1nc2ccc(Br)cc2c(=O)n1N=Cc1ccc(OCc2ccc(F)cc2)c(I)c1. The lowest BCUT2D eigenvalue weighted by Crippen LogP contribution is -2.22. The molecule has 8 heteroatoms. The molecule has 0 radical (unpaired) electrons. The maximum atomic E-state index is 13.1. The Kier molecular flexibility index (Phi) is 7.54. The molecule has 0 aliphatic carbocycles. The summed E-state index contributed by atoms with van der Waals surface area (Å²) in [5.74, 6) is 1.08.